The van der Waals surface area contributed by atoms with Gasteiger partial charge in [0.15, 0.2) is 0 Å². The lowest BCUT2D eigenvalue weighted by atomic mass is 9.88. The van der Waals surface area contributed by atoms with E-state index in [0.29, 0.717) is 31.5 Å². The van der Waals surface area contributed by atoms with Crippen molar-refractivity contribution < 1.29 is 13.2 Å². The van der Waals surface area contributed by atoms with Crippen LogP contribution in [0.3, 0.4) is 0 Å². The standard InChI is InChI=1S/C13H27F3N2/c1-4-18(10-13(14,15)16)9-5-6-12(7-8-17)11(2)3/h11-12H,4-10,17H2,1-3H3. The predicted molar refractivity (Wildman–Crippen MR) is 69.4 cm³/mol. The average Bonchev–Trinajstić information content (AvgIpc) is 2.24. The topological polar surface area (TPSA) is 29.3 Å². The molecule has 1 atom stereocenters. The van der Waals surface area contributed by atoms with E-state index < -0.39 is 12.7 Å². The number of hydrogen-bond donors (Lipinski definition) is 1. The predicted octanol–water partition coefficient (Wildman–Crippen LogP) is 3.27. The van der Waals surface area contributed by atoms with Crippen LogP contribution in [0.2, 0.25) is 0 Å². The van der Waals surface area contributed by atoms with Crippen LogP contribution in [0, 0.1) is 11.8 Å². The van der Waals surface area contributed by atoms with Crippen molar-refractivity contribution in [1.29, 1.82) is 0 Å². The maximum atomic E-state index is 12.3. The fraction of sp³-hybridized carbons (Fsp3) is 1.00. The Hall–Kier alpha value is -0.290. The number of alkyl halides is 3. The van der Waals surface area contributed by atoms with Gasteiger partial charge in [0.1, 0.15) is 0 Å². The molecule has 0 aliphatic rings. The Balaban J connectivity index is 3.98. The third-order valence-electron chi connectivity index (χ3n) is 3.38. The summed E-state index contributed by atoms with van der Waals surface area (Å²) in [5.41, 5.74) is 5.55. The minimum atomic E-state index is -4.09. The Morgan fingerprint density at radius 3 is 2.17 bits per heavy atom. The molecule has 0 aromatic carbocycles. The molecule has 0 saturated carbocycles. The van der Waals surface area contributed by atoms with Gasteiger partial charge in [-0.05, 0) is 50.7 Å². The molecule has 0 heterocycles. The Morgan fingerprint density at radius 1 is 1.17 bits per heavy atom. The minimum absolute atomic E-state index is 0.447. The van der Waals surface area contributed by atoms with Crippen LogP contribution >= 0.6 is 0 Å². The van der Waals surface area contributed by atoms with Crippen molar-refractivity contribution in [3.05, 3.63) is 0 Å². The van der Waals surface area contributed by atoms with Gasteiger partial charge in [0.05, 0.1) is 6.54 Å². The zero-order valence-electron chi connectivity index (χ0n) is 11.8. The van der Waals surface area contributed by atoms with E-state index in [1.807, 2.05) is 0 Å². The lowest BCUT2D eigenvalue weighted by Gasteiger charge is -2.24. The van der Waals surface area contributed by atoms with E-state index in [1.165, 1.54) is 4.90 Å². The lowest BCUT2D eigenvalue weighted by Crippen LogP contribution is -2.35. The molecule has 0 aromatic heterocycles. The molecule has 2 N–H and O–H groups in total. The van der Waals surface area contributed by atoms with Crippen molar-refractivity contribution in [3.8, 4) is 0 Å². The molecule has 0 bridgehead atoms. The summed E-state index contributed by atoms with van der Waals surface area (Å²) >= 11 is 0. The van der Waals surface area contributed by atoms with Gasteiger partial charge in [0.2, 0.25) is 0 Å². The summed E-state index contributed by atoms with van der Waals surface area (Å²) in [5, 5.41) is 0. The van der Waals surface area contributed by atoms with Crippen molar-refractivity contribution >= 4 is 0 Å². The zero-order valence-corrected chi connectivity index (χ0v) is 11.8. The van der Waals surface area contributed by atoms with Crippen LogP contribution in [0.1, 0.15) is 40.0 Å². The van der Waals surface area contributed by atoms with Gasteiger partial charge in [-0.25, -0.2) is 0 Å². The van der Waals surface area contributed by atoms with Crippen LogP contribution < -0.4 is 5.73 Å². The second-order valence-corrected chi connectivity index (χ2v) is 5.21. The molecule has 0 saturated heterocycles. The molecule has 110 valence electrons. The van der Waals surface area contributed by atoms with E-state index in [1.54, 1.807) is 6.92 Å². The molecular weight excluding hydrogens is 241 g/mol. The summed E-state index contributed by atoms with van der Waals surface area (Å²) < 4.78 is 36.8. The third-order valence-corrected chi connectivity index (χ3v) is 3.38. The van der Waals surface area contributed by atoms with Crippen LogP contribution in [0.4, 0.5) is 13.2 Å². The average molecular weight is 268 g/mol. The van der Waals surface area contributed by atoms with Crippen LogP contribution in [0.5, 0.6) is 0 Å². The van der Waals surface area contributed by atoms with Crippen LogP contribution in [-0.2, 0) is 0 Å². The first-order valence-corrected chi connectivity index (χ1v) is 6.79. The number of nitrogens with zero attached hydrogens (tertiary/aromatic N) is 1. The van der Waals surface area contributed by atoms with Crippen molar-refractivity contribution in [2.24, 2.45) is 17.6 Å². The minimum Gasteiger partial charge on any atom is -0.330 e. The Labute approximate surface area is 109 Å². The third kappa shape index (κ3) is 8.75. The van der Waals surface area contributed by atoms with E-state index in [9.17, 15) is 13.2 Å². The number of hydrogen-bond acceptors (Lipinski definition) is 2. The van der Waals surface area contributed by atoms with E-state index in [-0.39, 0.29) is 0 Å². The van der Waals surface area contributed by atoms with E-state index in [0.717, 1.165) is 19.3 Å². The highest BCUT2D eigenvalue weighted by molar-refractivity contribution is 4.67. The zero-order chi connectivity index (χ0) is 14.2. The first kappa shape index (κ1) is 17.7. The van der Waals surface area contributed by atoms with Gasteiger partial charge in [-0.2, -0.15) is 13.2 Å². The Bertz CT molecular complexity index is 205. The SMILES string of the molecule is CCN(CCCC(CCN)C(C)C)CC(F)(F)F. The van der Waals surface area contributed by atoms with Crippen LogP contribution in [0.15, 0.2) is 0 Å². The first-order chi connectivity index (χ1) is 8.30. The molecule has 0 spiro atoms. The fourth-order valence-corrected chi connectivity index (χ4v) is 2.20. The number of halogens is 3. The molecule has 0 aliphatic heterocycles. The van der Waals surface area contributed by atoms with Crippen molar-refractivity contribution in [2.45, 2.75) is 46.2 Å². The van der Waals surface area contributed by atoms with E-state index >= 15 is 0 Å². The fourth-order valence-electron chi connectivity index (χ4n) is 2.20. The molecule has 2 nitrogen and oxygen atoms in total. The molecule has 0 amide bonds. The summed E-state index contributed by atoms with van der Waals surface area (Å²) in [5.74, 6) is 1.07. The summed E-state index contributed by atoms with van der Waals surface area (Å²) in [4.78, 5) is 1.46. The number of nitrogens with two attached hydrogens (primary N) is 1. The molecular formula is C13H27F3N2. The second kappa shape index (κ2) is 8.75. The van der Waals surface area contributed by atoms with Gasteiger partial charge in [0, 0.05) is 0 Å². The summed E-state index contributed by atoms with van der Waals surface area (Å²) in [6.45, 7) is 6.88. The second-order valence-electron chi connectivity index (χ2n) is 5.21. The van der Waals surface area contributed by atoms with Gasteiger partial charge < -0.3 is 5.73 Å². The summed E-state index contributed by atoms with van der Waals surface area (Å²) in [6, 6.07) is 0. The maximum Gasteiger partial charge on any atom is 0.401 e. The van der Waals surface area contributed by atoms with Gasteiger partial charge in [-0.1, -0.05) is 20.8 Å². The van der Waals surface area contributed by atoms with Gasteiger partial charge in [-0.3, -0.25) is 4.90 Å². The normalized spacial score (nSPS) is 14.5. The van der Waals surface area contributed by atoms with Crippen molar-refractivity contribution in [3.63, 3.8) is 0 Å². The molecule has 0 aromatic rings. The smallest absolute Gasteiger partial charge is 0.330 e. The highest BCUT2D eigenvalue weighted by Gasteiger charge is 2.29. The highest BCUT2D eigenvalue weighted by Crippen LogP contribution is 2.21. The van der Waals surface area contributed by atoms with Gasteiger partial charge in [-0.15, -0.1) is 0 Å². The quantitative estimate of drug-likeness (QED) is 0.695. The largest absolute Gasteiger partial charge is 0.401 e. The van der Waals surface area contributed by atoms with Crippen molar-refractivity contribution in [1.82, 2.24) is 4.90 Å². The highest BCUT2D eigenvalue weighted by atomic mass is 19.4. The molecule has 0 fully saturated rings. The van der Waals surface area contributed by atoms with E-state index in [4.69, 9.17) is 5.73 Å². The van der Waals surface area contributed by atoms with Crippen molar-refractivity contribution in [2.75, 3.05) is 26.2 Å². The number of rotatable bonds is 9. The Kier molecular flexibility index (Phi) is 8.61. The molecule has 18 heavy (non-hydrogen) atoms. The van der Waals surface area contributed by atoms with Gasteiger partial charge >= 0.3 is 6.18 Å². The maximum absolute atomic E-state index is 12.3. The van der Waals surface area contributed by atoms with Gasteiger partial charge in [0.25, 0.3) is 0 Å². The molecule has 0 radical (unpaired) electrons. The molecule has 0 rings (SSSR count). The summed E-state index contributed by atoms with van der Waals surface area (Å²) in [7, 11) is 0. The monoisotopic (exact) mass is 268 g/mol. The molecule has 5 heteroatoms. The van der Waals surface area contributed by atoms with Crippen LogP contribution in [0.25, 0.3) is 0 Å². The van der Waals surface area contributed by atoms with E-state index in [2.05, 4.69) is 13.8 Å². The molecule has 0 aliphatic carbocycles. The lowest BCUT2D eigenvalue weighted by molar-refractivity contribution is -0.145. The summed E-state index contributed by atoms with van der Waals surface area (Å²) in [6.07, 6.45) is -1.36. The first-order valence-electron chi connectivity index (χ1n) is 6.79. The van der Waals surface area contributed by atoms with Crippen LogP contribution in [-0.4, -0.2) is 37.3 Å². The Morgan fingerprint density at radius 2 is 1.78 bits per heavy atom. The molecule has 1 unspecified atom stereocenters.